The molecule has 1 fully saturated rings. The number of benzene rings is 1. The van der Waals surface area contributed by atoms with E-state index in [9.17, 15) is 13.2 Å². The molecule has 0 spiro atoms. The number of nitrogens with zero attached hydrogens (tertiary/aromatic N) is 3. The molecule has 3 aromatic heterocycles. The van der Waals surface area contributed by atoms with Crippen LogP contribution in [0.1, 0.15) is 6.42 Å². The smallest absolute Gasteiger partial charge is 0.244 e. The van der Waals surface area contributed by atoms with Crippen LogP contribution >= 0.6 is 23.2 Å². The molecule has 1 aliphatic heterocycles. The Morgan fingerprint density at radius 3 is 2.61 bits per heavy atom. The molecule has 9 nitrogen and oxygen atoms in total. The molecule has 2 atom stereocenters. The van der Waals surface area contributed by atoms with E-state index in [1.165, 1.54) is 25.2 Å². The Morgan fingerprint density at radius 1 is 1.14 bits per heavy atom. The SMILES string of the molecule is CNC(=O)[C@@H]1C[C@@H](Oc2ccc(-c3ccnc4[nH]ccc34)cn2)CN1S(=O)(=O)c1cc(Cl)cc(Cl)c1. The maximum atomic E-state index is 13.4. The maximum Gasteiger partial charge on any atom is 0.244 e. The van der Waals surface area contributed by atoms with E-state index in [2.05, 4.69) is 20.3 Å². The van der Waals surface area contributed by atoms with Crippen molar-refractivity contribution >= 4 is 50.2 Å². The molecule has 4 aromatic rings. The van der Waals surface area contributed by atoms with Crippen LogP contribution in [0.3, 0.4) is 0 Å². The molecule has 186 valence electrons. The summed E-state index contributed by atoms with van der Waals surface area (Å²) >= 11 is 12.0. The van der Waals surface area contributed by atoms with Gasteiger partial charge in [0.1, 0.15) is 17.8 Å². The van der Waals surface area contributed by atoms with Crippen molar-refractivity contribution < 1.29 is 17.9 Å². The number of aromatic amines is 1. The first kappa shape index (κ1) is 24.5. The van der Waals surface area contributed by atoms with Gasteiger partial charge in [-0.15, -0.1) is 0 Å². The van der Waals surface area contributed by atoms with Crippen LogP contribution < -0.4 is 10.1 Å². The van der Waals surface area contributed by atoms with E-state index in [4.69, 9.17) is 27.9 Å². The van der Waals surface area contributed by atoms with Crippen LogP contribution in [0.5, 0.6) is 5.88 Å². The third-order valence-corrected chi connectivity index (χ3v) is 8.29. The standard InChI is InChI=1S/C24H21Cl2N5O4S/c1-27-24(32)21-11-17(13-31(21)36(33,34)18-9-15(25)8-16(26)10-18)35-22-3-2-14(12-30-22)19-4-6-28-23-20(19)5-7-29-23/h2-10,12,17,21H,11,13H2,1H3,(H,27,32)(H,28,29)/t17-,21+/m1/s1. The van der Waals surface area contributed by atoms with Gasteiger partial charge in [0.05, 0.1) is 11.4 Å². The number of halogens is 2. The fourth-order valence-corrected chi connectivity index (χ4v) is 6.69. The summed E-state index contributed by atoms with van der Waals surface area (Å²) in [5, 5.41) is 3.86. The van der Waals surface area contributed by atoms with Crippen molar-refractivity contribution in [1.29, 1.82) is 0 Å². The zero-order chi connectivity index (χ0) is 25.4. The molecular formula is C24H21Cl2N5O4S. The van der Waals surface area contributed by atoms with Crippen molar-refractivity contribution in [1.82, 2.24) is 24.6 Å². The van der Waals surface area contributed by atoms with Crippen LogP contribution in [0, 0.1) is 0 Å². The Labute approximate surface area is 217 Å². The molecule has 0 aliphatic carbocycles. The number of aromatic nitrogens is 3. The summed E-state index contributed by atoms with van der Waals surface area (Å²) in [7, 11) is -2.62. The van der Waals surface area contributed by atoms with E-state index in [0.29, 0.717) is 5.88 Å². The molecule has 2 N–H and O–H groups in total. The Bertz CT molecular complexity index is 1520. The lowest BCUT2D eigenvalue weighted by Gasteiger charge is -2.22. The molecule has 1 amide bonds. The number of H-pyrrole nitrogens is 1. The van der Waals surface area contributed by atoms with E-state index < -0.39 is 28.1 Å². The lowest BCUT2D eigenvalue weighted by atomic mass is 10.1. The number of nitrogens with one attached hydrogen (secondary N) is 2. The van der Waals surface area contributed by atoms with Crippen LogP contribution in [-0.4, -0.2) is 59.3 Å². The first-order valence-electron chi connectivity index (χ1n) is 11.0. The van der Waals surface area contributed by atoms with Gasteiger partial charge in [0.15, 0.2) is 0 Å². The fourth-order valence-electron chi connectivity index (χ4n) is 4.33. The van der Waals surface area contributed by atoms with Crippen molar-refractivity contribution in [3.05, 3.63) is 71.1 Å². The second-order valence-electron chi connectivity index (χ2n) is 8.27. The lowest BCUT2D eigenvalue weighted by molar-refractivity contribution is -0.123. The van der Waals surface area contributed by atoms with E-state index >= 15 is 0 Å². The van der Waals surface area contributed by atoms with Gasteiger partial charge in [-0.3, -0.25) is 4.79 Å². The number of carbonyl (C=O) groups is 1. The number of likely N-dealkylation sites (N-methyl/N-ethyl adjacent to an activating group) is 1. The second-order valence-corrected chi connectivity index (χ2v) is 11.0. The number of hydrogen-bond acceptors (Lipinski definition) is 6. The highest BCUT2D eigenvalue weighted by Crippen LogP contribution is 2.32. The molecule has 12 heteroatoms. The predicted molar refractivity (Wildman–Crippen MR) is 137 cm³/mol. The minimum atomic E-state index is -4.08. The normalized spacial score (nSPS) is 18.4. The monoisotopic (exact) mass is 545 g/mol. The largest absolute Gasteiger partial charge is 0.473 e. The molecule has 1 aliphatic rings. The summed E-state index contributed by atoms with van der Waals surface area (Å²) in [6.07, 6.45) is 4.80. The number of amides is 1. The average molecular weight is 546 g/mol. The topological polar surface area (TPSA) is 117 Å². The average Bonchev–Trinajstić information content (AvgIpc) is 3.51. The van der Waals surface area contributed by atoms with Gasteiger partial charge in [0, 0.05) is 59.1 Å². The Hall–Kier alpha value is -3.18. The quantitative estimate of drug-likeness (QED) is 0.379. The van der Waals surface area contributed by atoms with Gasteiger partial charge in [0.2, 0.25) is 21.8 Å². The van der Waals surface area contributed by atoms with E-state index in [0.717, 1.165) is 26.5 Å². The Morgan fingerprint density at radius 2 is 1.92 bits per heavy atom. The summed E-state index contributed by atoms with van der Waals surface area (Å²) in [5.41, 5.74) is 2.63. The van der Waals surface area contributed by atoms with E-state index in [1.54, 1.807) is 18.5 Å². The molecule has 4 heterocycles. The van der Waals surface area contributed by atoms with E-state index in [1.807, 2.05) is 24.4 Å². The highest BCUT2D eigenvalue weighted by Gasteiger charge is 2.45. The predicted octanol–water partition coefficient (Wildman–Crippen LogP) is 3.89. The molecule has 0 radical (unpaired) electrons. The summed E-state index contributed by atoms with van der Waals surface area (Å²) in [6, 6.07) is 10.5. The minimum Gasteiger partial charge on any atom is -0.473 e. The van der Waals surface area contributed by atoms with Gasteiger partial charge in [-0.2, -0.15) is 4.31 Å². The summed E-state index contributed by atoms with van der Waals surface area (Å²) in [5.74, 6) is -0.113. The number of rotatable bonds is 6. The third kappa shape index (κ3) is 4.64. The van der Waals surface area contributed by atoms with Crippen LogP contribution in [0.4, 0.5) is 0 Å². The van der Waals surface area contributed by atoms with Gasteiger partial charge in [-0.1, -0.05) is 23.2 Å². The summed E-state index contributed by atoms with van der Waals surface area (Å²) in [6.45, 7) is -0.0394. The molecule has 1 saturated heterocycles. The third-order valence-electron chi connectivity index (χ3n) is 6.00. The number of ether oxygens (including phenoxy) is 1. The zero-order valence-corrected chi connectivity index (χ0v) is 21.3. The molecule has 0 unspecified atom stereocenters. The fraction of sp³-hybridized carbons (Fsp3) is 0.208. The van der Waals surface area contributed by atoms with Gasteiger partial charge in [-0.25, -0.2) is 18.4 Å². The molecule has 0 saturated carbocycles. The van der Waals surface area contributed by atoms with Gasteiger partial charge >= 0.3 is 0 Å². The van der Waals surface area contributed by atoms with Gasteiger partial charge < -0.3 is 15.0 Å². The minimum absolute atomic E-state index is 0.0394. The Balaban J connectivity index is 1.38. The Kier molecular flexibility index (Phi) is 6.60. The first-order chi connectivity index (χ1) is 17.3. The van der Waals surface area contributed by atoms with Crippen LogP contribution in [0.25, 0.3) is 22.2 Å². The maximum absolute atomic E-state index is 13.4. The first-order valence-corrected chi connectivity index (χ1v) is 13.2. The number of pyridine rings is 2. The lowest BCUT2D eigenvalue weighted by Crippen LogP contribution is -2.44. The van der Waals surface area contributed by atoms with Crippen molar-refractivity contribution in [2.24, 2.45) is 0 Å². The van der Waals surface area contributed by atoms with E-state index in [-0.39, 0.29) is 27.9 Å². The zero-order valence-electron chi connectivity index (χ0n) is 19.0. The van der Waals surface area contributed by atoms with Crippen LogP contribution in [-0.2, 0) is 14.8 Å². The second kappa shape index (κ2) is 9.70. The van der Waals surface area contributed by atoms with Gasteiger partial charge in [0.25, 0.3) is 0 Å². The van der Waals surface area contributed by atoms with Crippen LogP contribution in [0.15, 0.2) is 66.0 Å². The molecular weight excluding hydrogens is 525 g/mol. The highest BCUT2D eigenvalue weighted by atomic mass is 35.5. The number of hydrogen-bond donors (Lipinski definition) is 2. The number of sulfonamides is 1. The molecule has 1 aromatic carbocycles. The van der Waals surface area contributed by atoms with Crippen molar-refractivity contribution in [2.75, 3.05) is 13.6 Å². The summed E-state index contributed by atoms with van der Waals surface area (Å²) < 4.78 is 33.9. The number of carbonyl (C=O) groups excluding carboxylic acids is 1. The number of fused-ring (bicyclic) bond motifs is 1. The van der Waals surface area contributed by atoms with Crippen LogP contribution in [0.2, 0.25) is 10.0 Å². The van der Waals surface area contributed by atoms with Crippen molar-refractivity contribution in [3.8, 4) is 17.0 Å². The molecule has 5 rings (SSSR count). The van der Waals surface area contributed by atoms with Crippen molar-refractivity contribution in [2.45, 2.75) is 23.5 Å². The molecule has 36 heavy (non-hydrogen) atoms. The highest BCUT2D eigenvalue weighted by molar-refractivity contribution is 7.89. The summed E-state index contributed by atoms with van der Waals surface area (Å²) in [4.78, 5) is 24.3. The van der Waals surface area contributed by atoms with Gasteiger partial charge in [-0.05, 0) is 42.0 Å². The molecule has 0 bridgehead atoms. The van der Waals surface area contributed by atoms with Crippen molar-refractivity contribution in [3.63, 3.8) is 0 Å².